The summed E-state index contributed by atoms with van der Waals surface area (Å²) in [7, 11) is 0. The fourth-order valence-corrected chi connectivity index (χ4v) is 14.0. The number of hydrogen-bond acceptors (Lipinski definition) is 13. The lowest BCUT2D eigenvalue weighted by Crippen LogP contribution is -2.65. The zero-order valence-electron chi connectivity index (χ0n) is 67.7. The van der Waals surface area contributed by atoms with E-state index in [1.165, 1.54) is 257 Å². The zero-order valence-corrected chi connectivity index (χ0v) is 67.7. The largest absolute Gasteiger partial charge is 0.394 e. The van der Waals surface area contributed by atoms with Crippen molar-refractivity contribution in [3.63, 3.8) is 0 Å². The number of allylic oxidation sites excluding steroid dienone is 17. The average molecular weight is 1490 g/mol. The standard InChI is InChI=1S/C92H163NO13/c1-3-5-7-9-11-13-15-17-19-21-23-25-27-29-31-33-35-36-37-38-39-40-41-42-43-44-46-48-50-52-54-56-58-60-62-64-66-68-70-72-74-76-84(97)93-80(79-103-91-89(102)87(100)90(83(78-95)105-91)106-92-88(101)86(99)85(98)82(77-94)104-92)81(96)75-73-71-69-67-65-63-61-59-57-55-53-51-49-47-45-34-32-30-28-26-24-22-20-18-16-14-12-10-8-6-4-2/h5,7,11,13,17,19,23,25,29,31,35-36,57,59,65,67,73,75,80-83,85-92,94-96,98-102H,3-4,6,8-10,12,14-16,18,20-22,24,26-28,30,32-34,37-56,58,60-64,66,68-72,74,76-79H2,1-2H3,(H,93,97)/b7-5-,13-11-,19-17-,25-23-,31-29-,36-35-,59-57+,67-65+,75-73+. The van der Waals surface area contributed by atoms with Crippen LogP contribution in [0.5, 0.6) is 0 Å². The van der Waals surface area contributed by atoms with E-state index in [1.807, 2.05) is 6.08 Å². The summed E-state index contributed by atoms with van der Waals surface area (Å²) in [6.45, 7) is 2.71. The van der Waals surface area contributed by atoms with Crippen LogP contribution in [0.4, 0.5) is 0 Å². The minimum atomic E-state index is -1.80. The number of carbonyl (C=O) groups is 1. The molecule has 0 spiro atoms. The van der Waals surface area contributed by atoms with Crippen LogP contribution >= 0.6 is 0 Å². The highest BCUT2D eigenvalue weighted by atomic mass is 16.7. The van der Waals surface area contributed by atoms with Crippen LogP contribution in [0.1, 0.15) is 373 Å². The van der Waals surface area contributed by atoms with Gasteiger partial charge in [-0.2, -0.15) is 0 Å². The molecule has 0 aliphatic carbocycles. The van der Waals surface area contributed by atoms with Gasteiger partial charge in [-0.25, -0.2) is 0 Å². The lowest BCUT2D eigenvalue weighted by atomic mass is 9.97. The van der Waals surface area contributed by atoms with E-state index in [0.29, 0.717) is 12.8 Å². The lowest BCUT2D eigenvalue weighted by Gasteiger charge is -2.46. The summed E-state index contributed by atoms with van der Waals surface area (Å²) in [6.07, 6.45) is 92.0. The van der Waals surface area contributed by atoms with Gasteiger partial charge in [-0.3, -0.25) is 4.79 Å². The van der Waals surface area contributed by atoms with Gasteiger partial charge < -0.3 is 65.1 Å². The predicted molar refractivity (Wildman–Crippen MR) is 442 cm³/mol. The van der Waals surface area contributed by atoms with Crippen molar-refractivity contribution in [2.45, 2.75) is 447 Å². The van der Waals surface area contributed by atoms with E-state index >= 15 is 0 Å². The molecule has 9 N–H and O–H groups in total. The SMILES string of the molecule is CC/C=C\C/C=C\C/C=C\C/C=C\C/C=C\C/C=C\CCCCCCCCCCCCCCCCCCCCCCCCC(=O)NC(COC1OC(CO)C(OC2OC(CO)C(O)C(O)C2O)C(O)C1O)C(O)/C=C/CC/C=C/CC/C=C/CCCCCCCCCCCCCCCCCCCCCCC. The number of carbonyl (C=O) groups excluding carboxylic acids is 1. The van der Waals surface area contributed by atoms with Crippen LogP contribution in [-0.2, 0) is 23.7 Å². The molecule has 2 saturated heterocycles. The Hall–Kier alpha value is -3.35. The summed E-state index contributed by atoms with van der Waals surface area (Å²) in [5.41, 5.74) is 0. The molecule has 0 aromatic carbocycles. The molecule has 0 radical (unpaired) electrons. The Morgan fingerprint density at radius 1 is 0.349 bits per heavy atom. The summed E-state index contributed by atoms with van der Waals surface area (Å²) in [5.74, 6) is -0.249. The number of unbranched alkanes of at least 4 members (excludes halogenated alkanes) is 45. The van der Waals surface area contributed by atoms with Crippen LogP contribution < -0.4 is 5.32 Å². The lowest BCUT2D eigenvalue weighted by molar-refractivity contribution is -0.359. The number of aliphatic hydroxyl groups excluding tert-OH is 8. The topological polar surface area (TPSA) is 228 Å². The van der Waals surface area contributed by atoms with Crippen molar-refractivity contribution in [1.82, 2.24) is 5.32 Å². The van der Waals surface area contributed by atoms with Gasteiger partial charge in [0.1, 0.15) is 48.8 Å². The van der Waals surface area contributed by atoms with E-state index in [1.54, 1.807) is 6.08 Å². The fraction of sp³-hybridized carbons (Fsp3) is 0.793. The van der Waals surface area contributed by atoms with E-state index in [2.05, 4.69) is 116 Å². The maximum atomic E-state index is 13.4. The monoisotopic (exact) mass is 1490 g/mol. The third-order valence-corrected chi connectivity index (χ3v) is 20.9. The van der Waals surface area contributed by atoms with Crippen molar-refractivity contribution in [1.29, 1.82) is 0 Å². The summed E-state index contributed by atoms with van der Waals surface area (Å²) in [4.78, 5) is 13.4. The summed E-state index contributed by atoms with van der Waals surface area (Å²) in [6, 6.07) is -0.944. The van der Waals surface area contributed by atoms with Crippen molar-refractivity contribution < 1.29 is 64.6 Å². The van der Waals surface area contributed by atoms with E-state index in [9.17, 15) is 45.6 Å². The molecule has 2 rings (SSSR count). The van der Waals surface area contributed by atoms with Crippen molar-refractivity contribution >= 4 is 5.91 Å². The summed E-state index contributed by atoms with van der Waals surface area (Å²) < 4.78 is 22.9. The van der Waals surface area contributed by atoms with Crippen molar-refractivity contribution in [2.24, 2.45) is 0 Å². The molecule has 12 unspecified atom stereocenters. The van der Waals surface area contributed by atoms with Crippen molar-refractivity contribution in [3.8, 4) is 0 Å². The van der Waals surface area contributed by atoms with E-state index in [-0.39, 0.29) is 18.9 Å². The van der Waals surface area contributed by atoms with Gasteiger partial charge in [0.15, 0.2) is 12.6 Å². The van der Waals surface area contributed by atoms with E-state index < -0.39 is 86.8 Å². The van der Waals surface area contributed by atoms with Crippen LogP contribution in [0.2, 0.25) is 0 Å². The molecule has 14 nitrogen and oxygen atoms in total. The highest BCUT2D eigenvalue weighted by Gasteiger charge is 2.51. The first-order valence-electron chi connectivity index (χ1n) is 44.1. The van der Waals surface area contributed by atoms with Crippen LogP contribution in [-0.4, -0.2) is 140 Å². The van der Waals surface area contributed by atoms with Crippen LogP contribution in [0.15, 0.2) is 109 Å². The first-order chi connectivity index (χ1) is 52.1. The first-order valence-corrected chi connectivity index (χ1v) is 44.1. The normalized spacial score (nSPS) is 21.8. The maximum absolute atomic E-state index is 13.4. The third-order valence-electron chi connectivity index (χ3n) is 20.9. The molecule has 0 aromatic heterocycles. The molecule has 14 heteroatoms. The minimum absolute atomic E-state index is 0.249. The highest BCUT2D eigenvalue weighted by Crippen LogP contribution is 2.30. The van der Waals surface area contributed by atoms with E-state index in [0.717, 1.165) is 83.5 Å². The molecule has 0 saturated carbocycles. The van der Waals surface area contributed by atoms with Crippen LogP contribution in [0.3, 0.4) is 0 Å². The number of ether oxygens (including phenoxy) is 4. The molecule has 2 fully saturated rings. The Bertz CT molecular complexity index is 2210. The molecule has 106 heavy (non-hydrogen) atoms. The molecular formula is C92H163NO13. The Balaban J connectivity index is 1.58. The molecule has 2 aliphatic rings. The zero-order chi connectivity index (χ0) is 76.5. The molecule has 2 aliphatic heterocycles. The van der Waals surface area contributed by atoms with Crippen LogP contribution in [0.25, 0.3) is 0 Å². The molecule has 2 heterocycles. The molecule has 1 amide bonds. The van der Waals surface area contributed by atoms with E-state index in [4.69, 9.17) is 18.9 Å². The number of aliphatic hydroxyl groups is 8. The first kappa shape index (κ1) is 98.7. The highest BCUT2D eigenvalue weighted by molar-refractivity contribution is 5.76. The second kappa shape index (κ2) is 74.4. The van der Waals surface area contributed by atoms with Crippen molar-refractivity contribution in [2.75, 3.05) is 19.8 Å². The van der Waals surface area contributed by atoms with Gasteiger partial charge in [0.2, 0.25) is 5.91 Å². The van der Waals surface area contributed by atoms with Gasteiger partial charge in [0, 0.05) is 6.42 Å². The number of nitrogens with one attached hydrogen (secondary N) is 1. The van der Waals surface area contributed by atoms with Crippen molar-refractivity contribution in [3.05, 3.63) is 109 Å². The summed E-state index contributed by atoms with van der Waals surface area (Å²) >= 11 is 0. The quantitative estimate of drug-likeness (QED) is 0.0204. The Kier molecular flexibility index (Phi) is 69.3. The molecule has 614 valence electrons. The van der Waals surface area contributed by atoms with Gasteiger partial charge in [0.25, 0.3) is 0 Å². The Morgan fingerprint density at radius 2 is 0.660 bits per heavy atom. The third kappa shape index (κ3) is 56.0. The van der Waals surface area contributed by atoms with Gasteiger partial charge in [-0.1, -0.05) is 380 Å². The van der Waals surface area contributed by atoms with Gasteiger partial charge in [-0.15, -0.1) is 0 Å². The van der Waals surface area contributed by atoms with Crippen LogP contribution in [0, 0.1) is 0 Å². The molecule has 0 aromatic rings. The number of rotatable bonds is 74. The average Bonchev–Trinajstić information content (AvgIpc) is 0.790. The van der Waals surface area contributed by atoms with Gasteiger partial charge >= 0.3 is 0 Å². The number of amides is 1. The molecule has 12 atom stereocenters. The maximum Gasteiger partial charge on any atom is 0.220 e. The smallest absolute Gasteiger partial charge is 0.220 e. The molecular weight excluding hydrogens is 1330 g/mol. The van der Waals surface area contributed by atoms with Gasteiger partial charge in [-0.05, 0) is 96.3 Å². The minimum Gasteiger partial charge on any atom is -0.394 e. The second-order valence-corrected chi connectivity index (χ2v) is 30.6. The Labute approximate surface area is 648 Å². The summed E-state index contributed by atoms with van der Waals surface area (Å²) in [5, 5.41) is 87.8. The molecule has 0 bridgehead atoms. The van der Waals surface area contributed by atoms with Gasteiger partial charge in [0.05, 0.1) is 32.0 Å². The second-order valence-electron chi connectivity index (χ2n) is 30.6. The number of hydrogen-bond donors (Lipinski definition) is 9. The fourth-order valence-electron chi connectivity index (χ4n) is 14.0. The Morgan fingerprint density at radius 3 is 1.04 bits per heavy atom. The predicted octanol–water partition coefficient (Wildman–Crippen LogP) is 21.4.